The minimum atomic E-state index is -2.95. The Kier molecular flexibility index (Phi) is 6.69. The third kappa shape index (κ3) is 5.26. The standard InChI is InChI=1S/C22H23F2N5O3/c1-2-25-22(26-10-15-11-28-29(13-15)17-6-4-3-5-7-17)27-12-16-8-19-20(31-14-30-19)9-18(16)32-21(23)24/h3-9,11,13,21H,2,10,12,14H2,1H3,(H2,25,26,27). The maximum Gasteiger partial charge on any atom is 0.387 e. The average molecular weight is 443 g/mol. The van der Waals surface area contributed by atoms with Crippen LogP contribution in [0, 0.1) is 0 Å². The quantitative estimate of drug-likeness (QED) is 0.410. The lowest BCUT2D eigenvalue weighted by Gasteiger charge is -2.15. The summed E-state index contributed by atoms with van der Waals surface area (Å²) in [5.74, 6) is 1.41. The summed E-state index contributed by atoms with van der Waals surface area (Å²) in [6, 6.07) is 12.8. The van der Waals surface area contributed by atoms with E-state index in [1.54, 1.807) is 16.9 Å². The largest absolute Gasteiger partial charge is 0.454 e. The summed E-state index contributed by atoms with van der Waals surface area (Å²) in [5, 5.41) is 10.7. The van der Waals surface area contributed by atoms with Crippen LogP contribution in [0.25, 0.3) is 5.69 Å². The van der Waals surface area contributed by atoms with Gasteiger partial charge in [0.2, 0.25) is 6.79 Å². The van der Waals surface area contributed by atoms with E-state index in [0.29, 0.717) is 36.1 Å². The number of hydrogen-bond acceptors (Lipinski definition) is 5. The summed E-state index contributed by atoms with van der Waals surface area (Å²) in [6.07, 6.45) is 3.67. The first kappa shape index (κ1) is 21.4. The third-order valence-corrected chi connectivity index (χ3v) is 4.64. The van der Waals surface area contributed by atoms with E-state index in [0.717, 1.165) is 11.3 Å². The number of alkyl halides is 2. The lowest BCUT2D eigenvalue weighted by Crippen LogP contribution is -2.36. The molecule has 0 radical (unpaired) electrons. The number of para-hydroxylation sites is 1. The van der Waals surface area contributed by atoms with Gasteiger partial charge in [-0.2, -0.15) is 13.9 Å². The van der Waals surface area contributed by atoms with E-state index in [9.17, 15) is 8.78 Å². The van der Waals surface area contributed by atoms with Gasteiger partial charge in [-0.25, -0.2) is 9.67 Å². The van der Waals surface area contributed by atoms with Crippen LogP contribution in [-0.4, -0.2) is 35.7 Å². The summed E-state index contributed by atoms with van der Waals surface area (Å²) in [5.41, 5.74) is 2.38. The number of nitrogens with zero attached hydrogens (tertiary/aromatic N) is 3. The van der Waals surface area contributed by atoms with Crippen LogP contribution in [0.3, 0.4) is 0 Å². The molecule has 10 heteroatoms. The molecule has 0 bridgehead atoms. The summed E-state index contributed by atoms with van der Waals surface area (Å²) >= 11 is 0. The van der Waals surface area contributed by atoms with Crippen molar-refractivity contribution in [1.29, 1.82) is 0 Å². The molecule has 2 heterocycles. The molecule has 0 aliphatic carbocycles. The number of ether oxygens (including phenoxy) is 3. The predicted octanol–water partition coefficient (Wildman–Crippen LogP) is 3.46. The molecule has 1 aromatic heterocycles. The molecular formula is C22H23F2N5O3. The van der Waals surface area contributed by atoms with Gasteiger partial charge in [0.05, 0.1) is 18.4 Å². The zero-order chi connectivity index (χ0) is 22.3. The van der Waals surface area contributed by atoms with Crippen LogP contribution < -0.4 is 24.8 Å². The maximum atomic E-state index is 12.8. The zero-order valence-corrected chi connectivity index (χ0v) is 17.4. The van der Waals surface area contributed by atoms with Gasteiger partial charge >= 0.3 is 6.61 Å². The van der Waals surface area contributed by atoms with Crippen molar-refractivity contribution in [2.45, 2.75) is 26.6 Å². The van der Waals surface area contributed by atoms with Gasteiger partial charge in [0.1, 0.15) is 5.75 Å². The Labute approximate surface area is 183 Å². The molecule has 0 saturated heterocycles. The number of benzene rings is 2. The van der Waals surface area contributed by atoms with Crippen molar-refractivity contribution in [2.24, 2.45) is 4.99 Å². The van der Waals surface area contributed by atoms with Crippen LogP contribution in [0.2, 0.25) is 0 Å². The van der Waals surface area contributed by atoms with Crippen molar-refractivity contribution in [3.63, 3.8) is 0 Å². The predicted molar refractivity (Wildman–Crippen MR) is 114 cm³/mol. The fourth-order valence-corrected chi connectivity index (χ4v) is 3.16. The summed E-state index contributed by atoms with van der Waals surface area (Å²) in [4.78, 5) is 4.57. The molecule has 0 saturated carbocycles. The molecule has 0 fully saturated rings. The van der Waals surface area contributed by atoms with E-state index in [1.807, 2.05) is 43.5 Å². The number of hydrogen-bond donors (Lipinski definition) is 2. The minimum Gasteiger partial charge on any atom is -0.454 e. The lowest BCUT2D eigenvalue weighted by atomic mass is 10.1. The molecule has 168 valence electrons. The molecule has 32 heavy (non-hydrogen) atoms. The Bertz CT molecular complexity index is 1070. The van der Waals surface area contributed by atoms with Gasteiger partial charge in [-0.1, -0.05) is 18.2 Å². The molecule has 3 aromatic rings. The summed E-state index contributed by atoms with van der Waals surface area (Å²) < 4.78 is 42.7. The highest BCUT2D eigenvalue weighted by Gasteiger charge is 2.20. The van der Waals surface area contributed by atoms with Crippen molar-refractivity contribution in [3.8, 4) is 22.9 Å². The molecule has 0 unspecified atom stereocenters. The van der Waals surface area contributed by atoms with Crippen LogP contribution in [0.4, 0.5) is 8.78 Å². The molecule has 8 nitrogen and oxygen atoms in total. The van der Waals surface area contributed by atoms with Crippen LogP contribution >= 0.6 is 0 Å². The topological polar surface area (TPSA) is 81.9 Å². The first-order valence-electron chi connectivity index (χ1n) is 10.1. The third-order valence-electron chi connectivity index (χ3n) is 4.64. The summed E-state index contributed by atoms with van der Waals surface area (Å²) in [6.45, 7) is 0.267. The number of halogens is 2. The Morgan fingerprint density at radius 1 is 1.19 bits per heavy atom. The molecule has 0 atom stereocenters. The van der Waals surface area contributed by atoms with Gasteiger partial charge in [-0.3, -0.25) is 0 Å². The van der Waals surface area contributed by atoms with Crippen LogP contribution in [0.1, 0.15) is 18.1 Å². The highest BCUT2D eigenvalue weighted by atomic mass is 19.3. The maximum absolute atomic E-state index is 12.8. The lowest BCUT2D eigenvalue weighted by molar-refractivity contribution is -0.0505. The van der Waals surface area contributed by atoms with Gasteiger partial charge in [0.15, 0.2) is 17.5 Å². The monoisotopic (exact) mass is 443 g/mol. The van der Waals surface area contributed by atoms with Crippen LogP contribution in [0.5, 0.6) is 17.2 Å². The molecule has 0 amide bonds. The van der Waals surface area contributed by atoms with E-state index in [-0.39, 0.29) is 19.1 Å². The summed E-state index contributed by atoms with van der Waals surface area (Å²) in [7, 11) is 0. The van der Waals surface area contributed by atoms with E-state index < -0.39 is 6.61 Å². The van der Waals surface area contributed by atoms with E-state index >= 15 is 0 Å². The van der Waals surface area contributed by atoms with Gasteiger partial charge in [-0.05, 0) is 25.1 Å². The number of aromatic nitrogens is 2. The fraction of sp³-hybridized carbons (Fsp3) is 0.273. The Morgan fingerprint density at radius 2 is 1.97 bits per heavy atom. The fourth-order valence-electron chi connectivity index (χ4n) is 3.16. The average Bonchev–Trinajstić information content (AvgIpc) is 3.45. The molecule has 4 rings (SSSR count). The number of rotatable bonds is 8. The molecule has 2 N–H and O–H groups in total. The number of fused-ring (bicyclic) bond motifs is 1. The van der Waals surface area contributed by atoms with E-state index in [4.69, 9.17) is 9.47 Å². The second-order valence-corrected chi connectivity index (χ2v) is 6.87. The first-order chi connectivity index (χ1) is 15.6. The number of nitrogens with one attached hydrogen (secondary N) is 2. The smallest absolute Gasteiger partial charge is 0.387 e. The normalized spacial score (nSPS) is 12.8. The Hall–Kier alpha value is -3.82. The van der Waals surface area contributed by atoms with Crippen LogP contribution in [0.15, 0.2) is 59.9 Å². The highest BCUT2D eigenvalue weighted by molar-refractivity contribution is 5.79. The van der Waals surface area contributed by atoms with Crippen molar-refractivity contribution >= 4 is 5.96 Å². The minimum absolute atomic E-state index is 0.0248. The Morgan fingerprint density at radius 3 is 2.72 bits per heavy atom. The molecule has 2 aromatic carbocycles. The molecule has 0 spiro atoms. The number of aliphatic imine (C=N–C) groups is 1. The van der Waals surface area contributed by atoms with Crippen molar-refractivity contribution in [1.82, 2.24) is 20.4 Å². The van der Waals surface area contributed by atoms with Gasteiger partial charge < -0.3 is 24.8 Å². The van der Waals surface area contributed by atoms with Gasteiger partial charge in [0.25, 0.3) is 0 Å². The first-order valence-corrected chi connectivity index (χ1v) is 10.1. The highest BCUT2D eigenvalue weighted by Crippen LogP contribution is 2.38. The van der Waals surface area contributed by atoms with Crippen molar-refractivity contribution in [2.75, 3.05) is 13.3 Å². The van der Waals surface area contributed by atoms with Crippen molar-refractivity contribution in [3.05, 3.63) is 66.0 Å². The Balaban J connectivity index is 1.45. The van der Waals surface area contributed by atoms with Gasteiger partial charge in [-0.15, -0.1) is 0 Å². The molecule has 1 aliphatic heterocycles. The second kappa shape index (κ2) is 9.99. The van der Waals surface area contributed by atoms with Crippen molar-refractivity contribution < 1.29 is 23.0 Å². The van der Waals surface area contributed by atoms with E-state index in [2.05, 4.69) is 25.5 Å². The van der Waals surface area contributed by atoms with E-state index in [1.165, 1.54) is 6.07 Å². The molecule has 1 aliphatic rings. The molecular weight excluding hydrogens is 420 g/mol. The zero-order valence-electron chi connectivity index (χ0n) is 17.4. The van der Waals surface area contributed by atoms with Crippen LogP contribution in [-0.2, 0) is 13.1 Å². The number of guanidine groups is 1. The second-order valence-electron chi connectivity index (χ2n) is 6.87. The van der Waals surface area contributed by atoms with Gasteiger partial charge in [0, 0.05) is 36.5 Å². The SMILES string of the molecule is CCNC(=NCc1cnn(-c2ccccc2)c1)NCc1cc2c(cc1OC(F)F)OCO2.